The molecule has 3 aromatic rings. The van der Waals surface area contributed by atoms with E-state index in [1.54, 1.807) is 16.8 Å². The lowest BCUT2D eigenvalue weighted by Gasteiger charge is -2.02. The van der Waals surface area contributed by atoms with Gasteiger partial charge in [-0.05, 0) is 36.8 Å². The number of Topliss-reactive ketones (excluding diaryl/α,β-unsaturated/α-hetero) is 1. The fourth-order valence-corrected chi connectivity index (χ4v) is 2.42. The number of primary amides is 1. The summed E-state index contributed by atoms with van der Waals surface area (Å²) in [7, 11) is 0. The van der Waals surface area contributed by atoms with Crippen molar-refractivity contribution in [1.82, 2.24) is 9.78 Å². The Morgan fingerprint density at radius 1 is 1.14 bits per heavy atom. The first kappa shape index (κ1) is 14.0. The summed E-state index contributed by atoms with van der Waals surface area (Å²) in [5, 5.41) is 5.47. The first-order valence-electron chi connectivity index (χ1n) is 6.91. The van der Waals surface area contributed by atoms with E-state index in [4.69, 9.17) is 5.73 Å². The van der Waals surface area contributed by atoms with Crippen molar-refractivity contribution in [2.45, 2.75) is 13.3 Å². The predicted molar refractivity (Wildman–Crippen MR) is 84.0 cm³/mol. The number of ketones is 1. The molecular formula is C17H15N3O2. The average molecular weight is 293 g/mol. The molecule has 2 aromatic carbocycles. The molecule has 0 spiro atoms. The van der Waals surface area contributed by atoms with Crippen molar-refractivity contribution in [3.8, 4) is 5.69 Å². The lowest BCUT2D eigenvalue weighted by molar-refractivity contribution is -0.117. The Hall–Kier alpha value is -2.95. The normalized spacial score (nSPS) is 10.8. The van der Waals surface area contributed by atoms with Gasteiger partial charge in [0, 0.05) is 17.1 Å². The van der Waals surface area contributed by atoms with Crippen molar-refractivity contribution in [2.24, 2.45) is 5.73 Å². The summed E-state index contributed by atoms with van der Waals surface area (Å²) in [6.45, 7) is 1.54. The number of hydrogen-bond acceptors (Lipinski definition) is 3. The molecule has 0 unspecified atom stereocenters. The smallest absolute Gasteiger partial charge is 0.221 e. The molecule has 0 saturated carbocycles. The quantitative estimate of drug-likeness (QED) is 0.749. The number of carbonyl (C=O) groups excluding carboxylic acids is 2. The largest absolute Gasteiger partial charge is 0.369 e. The zero-order valence-electron chi connectivity index (χ0n) is 12.1. The van der Waals surface area contributed by atoms with Gasteiger partial charge in [0.25, 0.3) is 0 Å². The van der Waals surface area contributed by atoms with Gasteiger partial charge < -0.3 is 5.73 Å². The molecule has 0 aliphatic rings. The van der Waals surface area contributed by atoms with Gasteiger partial charge in [0.1, 0.15) is 0 Å². The van der Waals surface area contributed by atoms with E-state index in [1.165, 1.54) is 6.92 Å². The van der Waals surface area contributed by atoms with Crippen molar-refractivity contribution < 1.29 is 9.59 Å². The third-order valence-electron chi connectivity index (χ3n) is 3.52. The van der Waals surface area contributed by atoms with Crippen LogP contribution in [0.5, 0.6) is 0 Å². The van der Waals surface area contributed by atoms with Gasteiger partial charge in [-0.2, -0.15) is 5.10 Å². The van der Waals surface area contributed by atoms with E-state index in [2.05, 4.69) is 5.10 Å². The van der Waals surface area contributed by atoms with Gasteiger partial charge in [-0.1, -0.05) is 18.2 Å². The van der Waals surface area contributed by atoms with Gasteiger partial charge in [0.2, 0.25) is 5.91 Å². The number of benzene rings is 2. The molecule has 1 heterocycles. The molecular weight excluding hydrogens is 278 g/mol. The monoisotopic (exact) mass is 293 g/mol. The molecule has 0 saturated heterocycles. The van der Waals surface area contributed by atoms with E-state index in [0.29, 0.717) is 5.56 Å². The predicted octanol–water partition coefficient (Wildman–Crippen LogP) is 2.26. The van der Waals surface area contributed by atoms with Crippen molar-refractivity contribution in [3.05, 3.63) is 59.8 Å². The minimum absolute atomic E-state index is 0.0286. The summed E-state index contributed by atoms with van der Waals surface area (Å²) in [6.07, 6.45) is 2.06. The fourth-order valence-electron chi connectivity index (χ4n) is 2.42. The van der Waals surface area contributed by atoms with Gasteiger partial charge >= 0.3 is 0 Å². The van der Waals surface area contributed by atoms with Crippen LogP contribution in [0.15, 0.2) is 48.7 Å². The molecule has 5 nitrogen and oxygen atoms in total. The highest BCUT2D eigenvalue weighted by molar-refractivity contribution is 5.94. The number of aromatic nitrogens is 2. The minimum atomic E-state index is -0.382. The van der Waals surface area contributed by atoms with Crippen LogP contribution in [0.4, 0.5) is 0 Å². The molecule has 3 rings (SSSR count). The number of nitrogens with two attached hydrogens (primary N) is 1. The second-order valence-electron chi connectivity index (χ2n) is 5.17. The molecule has 5 heteroatoms. The Labute approximate surface area is 127 Å². The van der Waals surface area contributed by atoms with Gasteiger partial charge in [0.15, 0.2) is 5.78 Å². The van der Waals surface area contributed by atoms with Crippen LogP contribution in [-0.4, -0.2) is 21.5 Å². The third-order valence-corrected chi connectivity index (χ3v) is 3.52. The van der Waals surface area contributed by atoms with E-state index >= 15 is 0 Å². The van der Waals surface area contributed by atoms with Gasteiger partial charge in [0.05, 0.1) is 17.6 Å². The summed E-state index contributed by atoms with van der Waals surface area (Å²) in [6, 6.07) is 12.9. The summed E-state index contributed by atoms with van der Waals surface area (Å²) in [4.78, 5) is 22.5. The van der Waals surface area contributed by atoms with Crippen LogP contribution < -0.4 is 5.73 Å². The van der Waals surface area contributed by atoms with Crippen LogP contribution >= 0.6 is 0 Å². The highest BCUT2D eigenvalue weighted by Crippen LogP contribution is 2.20. The maximum atomic E-state index is 11.3. The number of fused-ring (bicyclic) bond motifs is 1. The van der Waals surface area contributed by atoms with E-state index in [1.807, 2.05) is 36.5 Å². The third kappa shape index (κ3) is 2.61. The molecule has 0 fully saturated rings. The molecule has 0 aliphatic carbocycles. The molecule has 110 valence electrons. The van der Waals surface area contributed by atoms with Crippen molar-refractivity contribution in [1.29, 1.82) is 0 Å². The Morgan fingerprint density at radius 2 is 1.86 bits per heavy atom. The number of nitrogens with zero attached hydrogens (tertiary/aromatic N) is 2. The van der Waals surface area contributed by atoms with Crippen LogP contribution in [0, 0.1) is 0 Å². The Balaban J connectivity index is 2.04. The average Bonchev–Trinajstić information content (AvgIpc) is 2.92. The first-order valence-corrected chi connectivity index (χ1v) is 6.91. The number of hydrogen-bond donors (Lipinski definition) is 1. The SMILES string of the molecule is CC(=O)c1ccc(-n2cc3cccc(CC(N)=O)c3n2)cc1. The summed E-state index contributed by atoms with van der Waals surface area (Å²) >= 11 is 0. The second kappa shape index (κ2) is 5.44. The molecule has 1 aromatic heterocycles. The van der Waals surface area contributed by atoms with E-state index in [9.17, 15) is 9.59 Å². The molecule has 0 aliphatic heterocycles. The van der Waals surface area contributed by atoms with E-state index in [-0.39, 0.29) is 18.1 Å². The minimum Gasteiger partial charge on any atom is -0.369 e. The van der Waals surface area contributed by atoms with Crippen LogP contribution in [0.1, 0.15) is 22.8 Å². The molecule has 0 atom stereocenters. The molecule has 0 radical (unpaired) electrons. The van der Waals surface area contributed by atoms with Crippen LogP contribution in [0.25, 0.3) is 16.6 Å². The zero-order chi connectivity index (χ0) is 15.7. The molecule has 22 heavy (non-hydrogen) atoms. The van der Waals surface area contributed by atoms with E-state index in [0.717, 1.165) is 22.2 Å². The highest BCUT2D eigenvalue weighted by atomic mass is 16.1. The summed E-state index contributed by atoms with van der Waals surface area (Å²) in [5.74, 6) is -0.353. The standard InChI is InChI=1S/C17H15N3O2/c1-11(21)12-5-7-15(8-6-12)20-10-14-4-2-3-13(9-16(18)22)17(14)19-20/h2-8,10H,9H2,1H3,(H2,18,22). The Kier molecular flexibility index (Phi) is 3.47. The van der Waals surface area contributed by atoms with Crippen molar-refractivity contribution >= 4 is 22.6 Å². The van der Waals surface area contributed by atoms with Crippen LogP contribution in [0.2, 0.25) is 0 Å². The zero-order valence-corrected chi connectivity index (χ0v) is 12.1. The molecule has 0 bridgehead atoms. The number of rotatable bonds is 4. The fraction of sp³-hybridized carbons (Fsp3) is 0.118. The van der Waals surface area contributed by atoms with Gasteiger partial charge in [-0.15, -0.1) is 0 Å². The molecule has 1 amide bonds. The van der Waals surface area contributed by atoms with Gasteiger partial charge in [-0.25, -0.2) is 4.68 Å². The Morgan fingerprint density at radius 3 is 2.50 bits per heavy atom. The second-order valence-corrected chi connectivity index (χ2v) is 5.17. The summed E-state index contributed by atoms with van der Waals surface area (Å²) in [5.41, 5.74) is 8.36. The Bertz CT molecular complexity index is 863. The topological polar surface area (TPSA) is 78.0 Å². The van der Waals surface area contributed by atoms with Crippen LogP contribution in [0.3, 0.4) is 0 Å². The van der Waals surface area contributed by atoms with Gasteiger partial charge in [-0.3, -0.25) is 9.59 Å². The lowest BCUT2D eigenvalue weighted by Crippen LogP contribution is -2.13. The highest BCUT2D eigenvalue weighted by Gasteiger charge is 2.09. The van der Waals surface area contributed by atoms with E-state index < -0.39 is 0 Å². The first-order chi connectivity index (χ1) is 10.5. The van der Waals surface area contributed by atoms with Crippen molar-refractivity contribution in [2.75, 3.05) is 0 Å². The van der Waals surface area contributed by atoms with Crippen molar-refractivity contribution in [3.63, 3.8) is 0 Å². The molecule has 2 N–H and O–H groups in total. The number of amides is 1. The summed E-state index contributed by atoms with van der Waals surface area (Å²) < 4.78 is 1.74. The maximum absolute atomic E-state index is 11.3. The lowest BCUT2D eigenvalue weighted by atomic mass is 10.1. The van der Waals surface area contributed by atoms with Crippen LogP contribution in [-0.2, 0) is 11.2 Å². The maximum Gasteiger partial charge on any atom is 0.221 e. The number of carbonyl (C=O) groups is 2.